The van der Waals surface area contributed by atoms with E-state index < -0.39 is 0 Å². The molecule has 0 saturated heterocycles. The molecule has 0 atom stereocenters. The number of rotatable bonds is 3. The van der Waals surface area contributed by atoms with Crippen LogP contribution in [0.4, 0.5) is 5.69 Å². The van der Waals surface area contributed by atoms with E-state index in [2.05, 4.69) is 16.0 Å². The first-order chi connectivity index (χ1) is 11.6. The molecule has 0 amide bonds. The number of nitriles is 1. The number of nitrogens with two attached hydrogens (primary N) is 1. The summed E-state index contributed by atoms with van der Waals surface area (Å²) in [7, 11) is 1.50. The Morgan fingerprint density at radius 1 is 1.17 bits per heavy atom. The Morgan fingerprint density at radius 3 is 2.54 bits per heavy atom. The molecule has 5 nitrogen and oxygen atoms in total. The van der Waals surface area contributed by atoms with E-state index in [4.69, 9.17) is 10.5 Å². The first kappa shape index (κ1) is 15.5. The highest BCUT2D eigenvalue weighted by molar-refractivity contribution is 5.78. The van der Waals surface area contributed by atoms with Crippen LogP contribution in [0.5, 0.6) is 5.88 Å². The van der Waals surface area contributed by atoms with Gasteiger partial charge in [-0.15, -0.1) is 0 Å². The summed E-state index contributed by atoms with van der Waals surface area (Å²) in [5, 5.41) is 9.55. The van der Waals surface area contributed by atoms with E-state index >= 15 is 0 Å². The van der Waals surface area contributed by atoms with Crippen LogP contribution in [0.25, 0.3) is 22.5 Å². The number of pyridine rings is 2. The fourth-order valence-corrected chi connectivity index (χ4v) is 2.54. The van der Waals surface area contributed by atoms with Crippen LogP contribution in [0.15, 0.2) is 48.7 Å². The lowest BCUT2D eigenvalue weighted by Crippen LogP contribution is -1.99. The number of aryl methyl sites for hydroxylation is 1. The predicted molar refractivity (Wildman–Crippen MR) is 93.3 cm³/mol. The summed E-state index contributed by atoms with van der Waals surface area (Å²) in [6.07, 6.45) is 1.72. The van der Waals surface area contributed by atoms with E-state index in [0.717, 1.165) is 22.4 Å². The van der Waals surface area contributed by atoms with E-state index in [9.17, 15) is 5.26 Å². The molecular weight excluding hydrogens is 300 g/mol. The molecule has 118 valence electrons. The summed E-state index contributed by atoms with van der Waals surface area (Å²) in [4.78, 5) is 8.87. The summed E-state index contributed by atoms with van der Waals surface area (Å²) >= 11 is 0. The van der Waals surface area contributed by atoms with Gasteiger partial charge in [-0.3, -0.25) is 4.98 Å². The predicted octanol–water partition coefficient (Wildman–Crippen LogP) is 3.58. The molecule has 0 radical (unpaired) electrons. The average Bonchev–Trinajstić information content (AvgIpc) is 2.61. The molecule has 0 bridgehead atoms. The molecule has 2 aromatic heterocycles. The van der Waals surface area contributed by atoms with E-state index in [-0.39, 0.29) is 5.88 Å². The van der Waals surface area contributed by atoms with Gasteiger partial charge >= 0.3 is 0 Å². The van der Waals surface area contributed by atoms with Gasteiger partial charge in [-0.25, -0.2) is 4.98 Å². The standard InChI is InChI=1S/C19H16N4O/c1-12-4-3-9-22-18(12)17-10-15(13-5-7-14(21)8-6-13)16(11-20)19(23-17)24-2/h3-10H,21H2,1-2H3. The Hall–Kier alpha value is -3.39. The number of nitrogens with zero attached hydrogens (tertiary/aromatic N) is 3. The van der Waals surface area contributed by atoms with E-state index in [1.165, 1.54) is 7.11 Å². The maximum Gasteiger partial charge on any atom is 0.232 e. The third-order valence-corrected chi connectivity index (χ3v) is 3.77. The zero-order valence-corrected chi connectivity index (χ0v) is 13.4. The lowest BCUT2D eigenvalue weighted by molar-refractivity contribution is 0.397. The van der Waals surface area contributed by atoms with Crippen LogP contribution in [-0.4, -0.2) is 17.1 Å². The molecule has 5 heteroatoms. The number of nitrogen functional groups attached to an aromatic ring is 1. The SMILES string of the molecule is COc1nc(-c2ncccc2C)cc(-c2ccc(N)cc2)c1C#N. The van der Waals surface area contributed by atoms with Gasteiger partial charge in [0, 0.05) is 17.4 Å². The van der Waals surface area contributed by atoms with Crippen molar-refractivity contribution in [2.45, 2.75) is 6.92 Å². The van der Waals surface area contributed by atoms with Gasteiger partial charge in [-0.1, -0.05) is 18.2 Å². The van der Waals surface area contributed by atoms with Crippen molar-refractivity contribution in [3.8, 4) is 34.5 Å². The maximum absolute atomic E-state index is 9.55. The zero-order chi connectivity index (χ0) is 17.1. The largest absolute Gasteiger partial charge is 0.480 e. The van der Waals surface area contributed by atoms with Gasteiger partial charge in [0.1, 0.15) is 11.6 Å². The van der Waals surface area contributed by atoms with E-state index in [0.29, 0.717) is 16.9 Å². The fourth-order valence-electron chi connectivity index (χ4n) is 2.54. The van der Waals surface area contributed by atoms with Gasteiger partial charge in [-0.05, 0) is 42.3 Å². The van der Waals surface area contributed by atoms with Crippen LogP contribution in [-0.2, 0) is 0 Å². The molecule has 0 aliphatic rings. The first-order valence-corrected chi connectivity index (χ1v) is 7.41. The summed E-state index contributed by atoms with van der Waals surface area (Å²) in [6.45, 7) is 1.97. The topological polar surface area (TPSA) is 84.8 Å². The molecule has 0 aliphatic carbocycles. The maximum atomic E-state index is 9.55. The van der Waals surface area contributed by atoms with Gasteiger partial charge in [0.15, 0.2) is 0 Å². The highest BCUT2D eigenvalue weighted by Gasteiger charge is 2.17. The number of aromatic nitrogens is 2. The van der Waals surface area contributed by atoms with Crippen LogP contribution in [0.2, 0.25) is 0 Å². The van der Waals surface area contributed by atoms with Gasteiger partial charge in [0.25, 0.3) is 0 Å². The second kappa shape index (κ2) is 6.39. The number of hydrogen-bond donors (Lipinski definition) is 1. The quantitative estimate of drug-likeness (QED) is 0.746. The molecule has 3 aromatic rings. The fraction of sp³-hybridized carbons (Fsp3) is 0.105. The van der Waals surface area contributed by atoms with Crippen molar-refractivity contribution in [1.82, 2.24) is 9.97 Å². The van der Waals surface area contributed by atoms with Gasteiger partial charge in [0.2, 0.25) is 5.88 Å². The number of benzene rings is 1. The molecular formula is C19H16N4O. The minimum Gasteiger partial charge on any atom is -0.480 e. The third kappa shape index (κ3) is 2.77. The third-order valence-electron chi connectivity index (χ3n) is 3.77. The highest BCUT2D eigenvalue weighted by Crippen LogP contribution is 2.33. The minimum absolute atomic E-state index is 0.284. The van der Waals surface area contributed by atoms with Crippen molar-refractivity contribution in [1.29, 1.82) is 5.26 Å². The Kier molecular flexibility index (Phi) is 4.13. The molecule has 0 unspecified atom stereocenters. The second-order valence-electron chi connectivity index (χ2n) is 5.34. The molecule has 0 saturated carbocycles. The molecule has 0 spiro atoms. The van der Waals surface area contributed by atoms with Crippen molar-refractivity contribution in [3.63, 3.8) is 0 Å². The van der Waals surface area contributed by atoms with Gasteiger partial charge in [0.05, 0.1) is 18.5 Å². The number of anilines is 1. The zero-order valence-electron chi connectivity index (χ0n) is 13.4. The van der Waals surface area contributed by atoms with Crippen molar-refractivity contribution < 1.29 is 4.74 Å². The first-order valence-electron chi connectivity index (χ1n) is 7.41. The Labute approximate surface area is 140 Å². The van der Waals surface area contributed by atoms with Crippen LogP contribution in [0.1, 0.15) is 11.1 Å². The summed E-state index contributed by atoms with van der Waals surface area (Å²) in [5.41, 5.74) is 10.9. The van der Waals surface area contributed by atoms with Gasteiger partial charge < -0.3 is 10.5 Å². The normalized spacial score (nSPS) is 10.2. The lowest BCUT2D eigenvalue weighted by atomic mass is 9.99. The molecule has 3 rings (SSSR count). The summed E-state index contributed by atoms with van der Waals surface area (Å²) in [6, 6.07) is 15.2. The Bertz CT molecular complexity index is 927. The number of methoxy groups -OCH3 is 1. The molecule has 0 fully saturated rings. The Balaban J connectivity index is 2.28. The minimum atomic E-state index is 0.284. The van der Waals surface area contributed by atoms with E-state index in [1.54, 1.807) is 18.3 Å². The van der Waals surface area contributed by atoms with Crippen LogP contribution >= 0.6 is 0 Å². The van der Waals surface area contributed by atoms with Crippen molar-refractivity contribution >= 4 is 5.69 Å². The van der Waals surface area contributed by atoms with Crippen LogP contribution in [0, 0.1) is 18.3 Å². The van der Waals surface area contributed by atoms with Crippen molar-refractivity contribution in [3.05, 3.63) is 59.8 Å². The van der Waals surface area contributed by atoms with E-state index in [1.807, 2.05) is 37.3 Å². The smallest absolute Gasteiger partial charge is 0.232 e. The van der Waals surface area contributed by atoms with Crippen LogP contribution < -0.4 is 10.5 Å². The van der Waals surface area contributed by atoms with Crippen molar-refractivity contribution in [2.75, 3.05) is 12.8 Å². The summed E-state index contributed by atoms with van der Waals surface area (Å²) < 4.78 is 5.34. The average molecular weight is 316 g/mol. The number of ether oxygens (including phenoxy) is 1. The van der Waals surface area contributed by atoms with Crippen molar-refractivity contribution in [2.24, 2.45) is 0 Å². The molecule has 0 aliphatic heterocycles. The van der Waals surface area contributed by atoms with Gasteiger partial charge in [-0.2, -0.15) is 5.26 Å². The highest BCUT2D eigenvalue weighted by atomic mass is 16.5. The summed E-state index contributed by atoms with van der Waals surface area (Å²) in [5.74, 6) is 0.284. The monoisotopic (exact) mass is 316 g/mol. The van der Waals surface area contributed by atoms with Crippen LogP contribution in [0.3, 0.4) is 0 Å². The molecule has 2 N–H and O–H groups in total. The molecule has 2 heterocycles. The molecule has 1 aromatic carbocycles. The lowest BCUT2D eigenvalue weighted by Gasteiger charge is -2.12. The Morgan fingerprint density at radius 2 is 1.92 bits per heavy atom. The second-order valence-corrected chi connectivity index (χ2v) is 5.34. The number of hydrogen-bond acceptors (Lipinski definition) is 5. The molecule has 24 heavy (non-hydrogen) atoms.